The molecule has 9 heteroatoms. The molecule has 3 unspecified atom stereocenters. The molecule has 4 amide bonds. The molecule has 3 saturated heterocycles. The molecule has 152 valence electrons. The minimum Gasteiger partial charge on any atom is -0.353 e. The standard InChI is InChI=1S/C19H27N5O3S/c25-17(23-6-1-2-7-23)4-3-15-10-20-18(26)16-9-14(11-24(15)16)22-19(27)21-13-5-8-28-12-13/h5,8,12,14-16H,1-4,6-7,9-11H2,(H,20,26)(H2,21,22,27). The lowest BCUT2D eigenvalue weighted by Gasteiger charge is -2.37. The fourth-order valence-electron chi connectivity index (χ4n) is 4.45. The number of likely N-dealkylation sites (tertiary alicyclic amines) is 1. The number of nitrogens with zero attached hydrogens (tertiary/aromatic N) is 2. The highest BCUT2D eigenvalue weighted by Crippen LogP contribution is 2.26. The van der Waals surface area contributed by atoms with E-state index >= 15 is 0 Å². The number of urea groups is 1. The number of anilines is 1. The smallest absolute Gasteiger partial charge is 0.319 e. The number of rotatable bonds is 5. The van der Waals surface area contributed by atoms with Crippen LogP contribution in [0.4, 0.5) is 10.5 Å². The van der Waals surface area contributed by atoms with E-state index in [1.54, 1.807) is 0 Å². The maximum atomic E-state index is 12.4. The third-order valence-corrected chi connectivity index (χ3v) is 6.57. The van der Waals surface area contributed by atoms with Gasteiger partial charge in [0.1, 0.15) is 0 Å². The van der Waals surface area contributed by atoms with Crippen molar-refractivity contribution in [2.24, 2.45) is 0 Å². The zero-order valence-electron chi connectivity index (χ0n) is 15.9. The molecule has 0 radical (unpaired) electrons. The van der Waals surface area contributed by atoms with Crippen LogP contribution >= 0.6 is 11.3 Å². The Balaban J connectivity index is 1.30. The van der Waals surface area contributed by atoms with Crippen LogP contribution in [0.15, 0.2) is 16.8 Å². The van der Waals surface area contributed by atoms with E-state index in [1.165, 1.54) is 11.3 Å². The van der Waals surface area contributed by atoms with Crippen molar-refractivity contribution < 1.29 is 14.4 Å². The van der Waals surface area contributed by atoms with E-state index in [9.17, 15) is 14.4 Å². The predicted octanol–water partition coefficient (Wildman–Crippen LogP) is 1.21. The monoisotopic (exact) mass is 405 g/mol. The number of carbonyl (C=O) groups excluding carboxylic acids is 3. The lowest BCUT2D eigenvalue weighted by molar-refractivity contribution is -0.131. The number of nitrogens with one attached hydrogen (secondary N) is 3. The Morgan fingerprint density at radius 1 is 1.29 bits per heavy atom. The van der Waals surface area contributed by atoms with Crippen LogP contribution in [0.5, 0.6) is 0 Å². The van der Waals surface area contributed by atoms with E-state index in [0.29, 0.717) is 25.9 Å². The summed E-state index contributed by atoms with van der Waals surface area (Å²) in [7, 11) is 0. The van der Waals surface area contributed by atoms with Gasteiger partial charge < -0.3 is 20.9 Å². The van der Waals surface area contributed by atoms with E-state index in [0.717, 1.165) is 38.0 Å². The summed E-state index contributed by atoms with van der Waals surface area (Å²) in [5, 5.41) is 12.6. The highest BCUT2D eigenvalue weighted by molar-refractivity contribution is 7.08. The Morgan fingerprint density at radius 2 is 2.11 bits per heavy atom. The third kappa shape index (κ3) is 4.30. The number of thiophene rings is 1. The first-order valence-electron chi connectivity index (χ1n) is 10.0. The zero-order valence-corrected chi connectivity index (χ0v) is 16.7. The minimum atomic E-state index is -0.246. The second-order valence-corrected chi connectivity index (χ2v) is 8.56. The van der Waals surface area contributed by atoms with Crippen LogP contribution in [-0.4, -0.2) is 71.9 Å². The topological polar surface area (TPSA) is 93.8 Å². The molecular weight excluding hydrogens is 378 g/mol. The summed E-state index contributed by atoms with van der Waals surface area (Å²) in [6.07, 6.45) is 4.04. The number of hydrogen-bond donors (Lipinski definition) is 3. The van der Waals surface area contributed by atoms with Gasteiger partial charge in [-0.05, 0) is 37.1 Å². The van der Waals surface area contributed by atoms with Gasteiger partial charge in [-0.25, -0.2) is 4.79 Å². The molecule has 0 aromatic carbocycles. The summed E-state index contributed by atoms with van der Waals surface area (Å²) in [6.45, 7) is 2.95. The SMILES string of the molecule is O=C(Nc1ccsc1)NC1CC2C(=O)NCC(CCC(=O)N3CCCC3)N2C1. The zero-order chi connectivity index (χ0) is 19.5. The van der Waals surface area contributed by atoms with E-state index in [1.807, 2.05) is 21.7 Å². The number of amides is 4. The van der Waals surface area contributed by atoms with Gasteiger partial charge in [-0.15, -0.1) is 0 Å². The van der Waals surface area contributed by atoms with Gasteiger partial charge in [-0.3, -0.25) is 14.5 Å². The van der Waals surface area contributed by atoms with Crippen molar-refractivity contribution in [1.82, 2.24) is 20.4 Å². The number of piperazine rings is 1. The summed E-state index contributed by atoms with van der Waals surface area (Å²) in [5.74, 6) is 0.236. The Morgan fingerprint density at radius 3 is 2.86 bits per heavy atom. The van der Waals surface area contributed by atoms with E-state index in [2.05, 4.69) is 20.9 Å². The molecule has 3 aliphatic rings. The van der Waals surface area contributed by atoms with Gasteiger partial charge in [0.05, 0.1) is 11.7 Å². The molecule has 3 N–H and O–H groups in total. The molecule has 1 aromatic rings. The van der Waals surface area contributed by atoms with Crippen molar-refractivity contribution in [1.29, 1.82) is 0 Å². The maximum Gasteiger partial charge on any atom is 0.319 e. The maximum absolute atomic E-state index is 12.4. The molecule has 3 fully saturated rings. The van der Waals surface area contributed by atoms with Crippen LogP contribution in [-0.2, 0) is 9.59 Å². The molecule has 0 aliphatic carbocycles. The average Bonchev–Trinajstić information content (AvgIpc) is 3.42. The van der Waals surface area contributed by atoms with E-state index in [4.69, 9.17) is 0 Å². The Bertz CT molecular complexity index is 719. The van der Waals surface area contributed by atoms with Gasteiger partial charge >= 0.3 is 6.03 Å². The molecule has 3 atom stereocenters. The molecule has 0 spiro atoms. The Hall–Kier alpha value is -2.13. The highest BCUT2D eigenvalue weighted by atomic mass is 32.1. The first-order chi connectivity index (χ1) is 13.6. The number of hydrogen-bond acceptors (Lipinski definition) is 5. The summed E-state index contributed by atoms with van der Waals surface area (Å²) >= 11 is 1.52. The van der Waals surface area contributed by atoms with Crippen LogP contribution in [0, 0.1) is 0 Å². The Labute approximate surface area is 168 Å². The summed E-state index contributed by atoms with van der Waals surface area (Å²) in [6, 6.07) is 1.44. The molecule has 28 heavy (non-hydrogen) atoms. The Kier molecular flexibility index (Phi) is 5.82. The summed E-state index contributed by atoms with van der Waals surface area (Å²) in [5.41, 5.74) is 0.772. The van der Waals surface area contributed by atoms with Crippen molar-refractivity contribution in [2.45, 2.75) is 50.2 Å². The largest absolute Gasteiger partial charge is 0.353 e. The molecule has 3 aliphatic heterocycles. The number of carbonyl (C=O) groups is 3. The quantitative estimate of drug-likeness (QED) is 0.687. The van der Waals surface area contributed by atoms with Crippen molar-refractivity contribution >= 4 is 34.9 Å². The highest BCUT2D eigenvalue weighted by Gasteiger charge is 2.43. The normalized spacial score (nSPS) is 27.4. The minimum absolute atomic E-state index is 0.0182. The first kappa shape index (κ1) is 19.2. The third-order valence-electron chi connectivity index (χ3n) is 5.89. The van der Waals surface area contributed by atoms with Gasteiger partial charge in [0.2, 0.25) is 11.8 Å². The fraction of sp³-hybridized carbons (Fsp3) is 0.632. The van der Waals surface area contributed by atoms with Gasteiger partial charge in [0.15, 0.2) is 0 Å². The van der Waals surface area contributed by atoms with Crippen molar-refractivity contribution in [3.63, 3.8) is 0 Å². The van der Waals surface area contributed by atoms with Crippen LogP contribution in [0.1, 0.15) is 32.1 Å². The van der Waals surface area contributed by atoms with Gasteiger partial charge in [-0.1, -0.05) is 0 Å². The molecule has 4 rings (SSSR count). The molecule has 1 aromatic heterocycles. The van der Waals surface area contributed by atoms with Crippen molar-refractivity contribution in [2.75, 3.05) is 31.5 Å². The van der Waals surface area contributed by atoms with Gasteiger partial charge in [-0.2, -0.15) is 11.3 Å². The van der Waals surface area contributed by atoms with Crippen molar-refractivity contribution in [3.05, 3.63) is 16.8 Å². The van der Waals surface area contributed by atoms with Gasteiger partial charge in [0.25, 0.3) is 0 Å². The van der Waals surface area contributed by atoms with E-state index < -0.39 is 0 Å². The van der Waals surface area contributed by atoms with E-state index in [-0.39, 0.29) is 36.0 Å². The fourth-order valence-corrected chi connectivity index (χ4v) is 5.04. The molecule has 8 nitrogen and oxygen atoms in total. The van der Waals surface area contributed by atoms with Crippen LogP contribution in [0.2, 0.25) is 0 Å². The molecule has 0 bridgehead atoms. The molecular formula is C19H27N5O3S. The average molecular weight is 406 g/mol. The van der Waals surface area contributed by atoms with Crippen LogP contribution in [0.25, 0.3) is 0 Å². The van der Waals surface area contributed by atoms with Gasteiger partial charge in [0, 0.05) is 50.1 Å². The molecule has 4 heterocycles. The second kappa shape index (κ2) is 8.48. The summed E-state index contributed by atoms with van der Waals surface area (Å²) < 4.78 is 0. The lowest BCUT2D eigenvalue weighted by atomic mass is 10.0. The van der Waals surface area contributed by atoms with Crippen LogP contribution < -0.4 is 16.0 Å². The lowest BCUT2D eigenvalue weighted by Crippen LogP contribution is -2.58. The predicted molar refractivity (Wildman–Crippen MR) is 107 cm³/mol. The molecule has 0 saturated carbocycles. The second-order valence-electron chi connectivity index (χ2n) is 7.78. The first-order valence-corrected chi connectivity index (χ1v) is 11.0. The van der Waals surface area contributed by atoms with Crippen molar-refractivity contribution in [3.8, 4) is 0 Å². The van der Waals surface area contributed by atoms with Crippen LogP contribution in [0.3, 0.4) is 0 Å². The summed E-state index contributed by atoms with van der Waals surface area (Å²) in [4.78, 5) is 41.0. The number of fused-ring (bicyclic) bond motifs is 1.